The Balaban J connectivity index is 2.69. The molecular weight excluding hydrogens is 563 g/mol. The summed E-state index contributed by atoms with van der Waals surface area (Å²) in [6.07, 6.45) is -0.154. The molecule has 1 rings (SSSR count). The number of carboxylic acids is 1. The lowest BCUT2D eigenvalue weighted by molar-refractivity contribution is -0.138. The lowest BCUT2D eigenvalue weighted by Crippen LogP contribution is -2.13. The van der Waals surface area contributed by atoms with Crippen molar-refractivity contribution in [2.75, 3.05) is 5.32 Å². The van der Waals surface area contributed by atoms with Crippen molar-refractivity contribution >= 4 is 85.3 Å². The van der Waals surface area contributed by atoms with Crippen molar-refractivity contribution in [2.24, 2.45) is 0 Å². The highest BCUT2D eigenvalue weighted by Crippen LogP contribution is 2.25. The standard InChI is InChI=1S/C10H8I3NO3/c11-6-3-5(4-7(12)10(6)13)14-8(15)1-2-9(16)17/h3-4H,1-2H2,(H,14,15)(H,16,17). The second kappa shape index (κ2) is 7.07. The fraction of sp³-hybridized carbons (Fsp3) is 0.200. The van der Waals surface area contributed by atoms with E-state index >= 15 is 0 Å². The minimum atomic E-state index is -0.966. The van der Waals surface area contributed by atoms with Gasteiger partial charge in [-0.2, -0.15) is 0 Å². The number of carbonyl (C=O) groups excluding carboxylic acids is 1. The molecule has 0 spiro atoms. The third kappa shape index (κ3) is 5.24. The number of hydrogen-bond donors (Lipinski definition) is 2. The Morgan fingerprint density at radius 2 is 1.65 bits per heavy atom. The molecule has 0 unspecified atom stereocenters. The third-order valence-electron chi connectivity index (χ3n) is 1.83. The fourth-order valence-corrected chi connectivity index (χ4v) is 3.15. The Bertz CT molecular complexity index is 439. The molecule has 0 saturated carbocycles. The summed E-state index contributed by atoms with van der Waals surface area (Å²) in [7, 11) is 0. The SMILES string of the molecule is O=C(O)CCC(=O)Nc1cc(I)c(I)c(I)c1. The largest absolute Gasteiger partial charge is 0.481 e. The van der Waals surface area contributed by atoms with Gasteiger partial charge in [0.1, 0.15) is 0 Å². The molecule has 17 heavy (non-hydrogen) atoms. The summed E-state index contributed by atoms with van der Waals surface area (Å²) in [5.74, 6) is -1.24. The van der Waals surface area contributed by atoms with Crippen LogP contribution in [0.1, 0.15) is 12.8 Å². The van der Waals surface area contributed by atoms with Gasteiger partial charge in [0.25, 0.3) is 0 Å². The van der Waals surface area contributed by atoms with Gasteiger partial charge in [-0.25, -0.2) is 0 Å². The van der Waals surface area contributed by atoms with E-state index in [4.69, 9.17) is 5.11 Å². The molecule has 0 bridgehead atoms. The van der Waals surface area contributed by atoms with Crippen LogP contribution in [0.2, 0.25) is 0 Å². The van der Waals surface area contributed by atoms with Crippen LogP contribution in [0, 0.1) is 10.7 Å². The van der Waals surface area contributed by atoms with Crippen LogP contribution in [-0.4, -0.2) is 17.0 Å². The summed E-state index contributed by atoms with van der Waals surface area (Å²) in [6, 6.07) is 3.73. The first kappa shape index (κ1) is 15.4. The average molecular weight is 571 g/mol. The van der Waals surface area contributed by atoms with E-state index in [1.54, 1.807) is 0 Å². The molecule has 0 aliphatic carbocycles. The fourth-order valence-electron chi connectivity index (χ4n) is 1.07. The zero-order chi connectivity index (χ0) is 13.0. The van der Waals surface area contributed by atoms with E-state index in [2.05, 4.69) is 73.1 Å². The minimum absolute atomic E-state index is 0.00548. The molecule has 1 amide bonds. The lowest BCUT2D eigenvalue weighted by Gasteiger charge is -2.07. The molecule has 0 heterocycles. The van der Waals surface area contributed by atoms with Gasteiger partial charge in [0.2, 0.25) is 5.91 Å². The molecule has 0 aliphatic heterocycles. The normalized spacial score (nSPS) is 10.1. The van der Waals surface area contributed by atoms with Gasteiger partial charge in [-0.15, -0.1) is 0 Å². The van der Waals surface area contributed by atoms with Gasteiger partial charge in [-0.1, -0.05) is 0 Å². The Morgan fingerprint density at radius 1 is 1.12 bits per heavy atom. The summed E-state index contributed by atoms with van der Waals surface area (Å²) in [5.41, 5.74) is 0.703. The number of nitrogens with one attached hydrogen (secondary N) is 1. The van der Waals surface area contributed by atoms with Crippen molar-refractivity contribution in [1.29, 1.82) is 0 Å². The number of carbonyl (C=O) groups is 2. The zero-order valence-corrected chi connectivity index (χ0v) is 14.9. The lowest BCUT2D eigenvalue weighted by atomic mass is 10.2. The first-order valence-electron chi connectivity index (χ1n) is 4.56. The highest BCUT2D eigenvalue weighted by molar-refractivity contribution is 14.1. The number of carboxylic acid groups (broad SMARTS) is 1. The van der Waals surface area contributed by atoms with Gasteiger partial charge >= 0.3 is 5.97 Å². The van der Waals surface area contributed by atoms with Crippen molar-refractivity contribution in [2.45, 2.75) is 12.8 Å². The van der Waals surface area contributed by atoms with Gasteiger partial charge in [0.15, 0.2) is 0 Å². The van der Waals surface area contributed by atoms with Crippen molar-refractivity contribution in [1.82, 2.24) is 0 Å². The van der Waals surface area contributed by atoms with E-state index in [9.17, 15) is 9.59 Å². The molecule has 0 aromatic heterocycles. The molecule has 0 fully saturated rings. The minimum Gasteiger partial charge on any atom is -0.481 e. The summed E-state index contributed by atoms with van der Waals surface area (Å²) in [6.45, 7) is 0. The second-order valence-electron chi connectivity index (χ2n) is 3.20. The summed E-state index contributed by atoms with van der Waals surface area (Å²) >= 11 is 6.63. The highest BCUT2D eigenvalue weighted by Gasteiger charge is 2.08. The molecule has 2 N–H and O–H groups in total. The van der Waals surface area contributed by atoms with Gasteiger partial charge in [0, 0.05) is 22.8 Å². The molecule has 4 nitrogen and oxygen atoms in total. The number of rotatable bonds is 4. The van der Waals surface area contributed by atoms with E-state index in [0.29, 0.717) is 5.69 Å². The topological polar surface area (TPSA) is 66.4 Å². The van der Waals surface area contributed by atoms with E-state index in [0.717, 1.165) is 10.7 Å². The number of aliphatic carboxylic acids is 1. The summed E-state index contributed by atoms with van der Waals surface area (Å²) < 4.78 is 3.26. The molecule has 0 atom stereocenters. The van der Waals surface area contributed by atoms with Gasteiger partial charge in [0.05, 0.1) is 6.42 Å². The van der Waals surface area contributed by atoms with E-state index < -0.39 is 5.97 Å². The van der Waals surface area contributed by atoms with Crippen LogP contribution in [0.5, 0.6) is 0 Å². The van der Waals surface area contributed by atoms with Crippen molar-refractivity contribution in [3.8, 4) is 0 Å². The smallest absolute Gasteiger partial charge is 0.303 e. The van der Waals surface area contributed by atoms with Crippen LogP contribution in [0.25, 0.3) is 0 Å². The van der Waals surface area contributed by atoms with Crippen LogP contribution in [0.4, 0.5) is 5.69 Å². The average Bonchev–Trinajstić information content (AvgIpc) is 2.23. The van der Waals surface area contributed by atoms with Crippen LogP contribution < -0.4 is 5.32 Å². The van der Waals surface area contributed by atoms with E-state index in [1.807, 2.05) is 12.1 Å². The molecule has 7 heteroatoms. The Hall–Kier alpha value is 0.350. The monoisotopic (exact) mass is 571 g/mol. The maximum absolute atomic E-state index is 11.4. The van der Waals surface area contributed by atoms with Crippen LogP contribution in [0.3, 0.4) is 0 Å². The first-order valence-corrected chi connectivity index (χ1v) is 7.80. The maximum atomic E-state index is 11.4. The van der Waals surface area contributed by atoms with Gasteiger partial charge in [-0.05, 0) is 79.9 Å². The zero-order valence-electron chi connectivity index (χ0n) is 8.47. The van der Waals surface area contributed by atoms with Crippen LogP contribution in [0.15, 0.2) is 12.1 Å². The van der Waals surface area contributed by atoms with Crippen molar-refractivity contribution in [3.63, 3.8) is 0 Å². The molecule has 1 aromatic rings. The Kier molecular flexibility index (Phi) is 6.40. The van der Waals surface area contributed by atoms with Gasteiger partial charge < -0.3 is 10.4 Å². The quantitative estimate of drug-likeness (QED) is 0.431. The predicted molar refractivity (Wildman–Crippen MR) is 90.1 cm³/mol. The third-order valence-corrected chi connectivity index (χ3v) is 6.76. The number of benzene rings is 1. The number of halogens is 3. The van der Waals surface area contributed by atoms with E-state index in [1.165, 1.54) is 0 Å². The Labute approximate surface area is 139 Å². The van der Waals surface area contributed by atoms with Crippen molar-refractivity contribution in [3.05, 3.63) is 22.8 Å². The predicted octanol–water partition coefficient (Wildman–Crippen LogP) is 3.30. The molecule has 92 valence electrons. The molecule has 0 saturated heterocycles. The molecule has 0 aliphatic rings. The van der Waals surface area contributed by atoms with Crippen LogP contribution in [-0.2, 0) is 9.59 Å². The Morgan fingerprint density at radius 3 is 2.12 bits per heavy atom. The number of anilines is 1. The summed E-state index contributed by atoms with van der Waals surface area (Å²) in [5, 5.41) is 11.2. The van der Waals surface area contributed by atoms with E-state index in [-0.39, 0.29) is 18.7 Å². The highest BCUT2D eigenvalue weighted by atomic mass is 127. The maximum Gasteiger partial charge on any atom is 0.303 e. The number of amides is 1. The molecule has 0 radical (unpaired) electrons. The molecule has 1 aromatic carbocycles. The number of hydrogen-bond acceptors (Lipinski definition) is 2. The molecular formula is C10H8I3NO3. The first-order chi connectivity index (χ1) is 7.90. The summed E-state index contributed by atoms with van der Waals surface area (Å²) in [4.78, 5) is 21.8. The van der Waals surface area contributed by atoms with Gasteiger partial charge in [-0.3, -0.25) is 9.59 Å². The second-order valence-corrected chi connectivity index (χ2v) is 6.60. The van der Waals surface area contributed by atoms with Crippen LogP contribution >= 0.6 is 67.8 Å². The van der Waals surface area contributed by atoms with Crippen molar-refractivity contribution < 1.29 is 14.7 Å².